The van der Waals surface area contributed by atoms with Gasteiger partial charge >= 0.3 is 0 Å². The zero-order chi connectivity index (χ0) is 18.0. The minimum absolute atomic E-state index is 0.109. The lowest BCUT2D eigenvalue weighted by molar-refractivity contribution is -0.130. The highest BCUT2D eigenvalue weighted by molar-refractivity contribution is 9.10. The van der Waals surface area contributed by atoms with Crippen molar-refractivity contribution in [3.63, 3.8) is 0 Å². The third-order valence-corrected chi connectivity index (χ3v) is 4.73. The first-order valence-corrected chi connectivity index (χ1v) is 8.68. The number of methoxy groups -OCH3 is 2. The molecule has 25 heavy (non-hydrogen) atoms. The predicted octanol–water partition coefficient (Wildman–Crippen LogP) is 4.16. The van der Waals surface area contributed by atoms with Gasteiger partial charge in [-0.3, -0.25) is 4.79 Å². The normalized spacial score (nSPS) is 16.6. The van der Waals surface area contributed by atoms with Crippen molar-refractivity contribution < 1.29 is 14.3 Å². The number of halogens is 1. The number of hydrogen-bond donors (Lipinski definition) is 0. The lowest BCUT2D eigenvalue weighted by atomic mass is 9.97. The highest BCUT2D eigenvalue weighted by atomic mass is 79.9. The van der Waals surface area contributed by atoms with Crippen LogP contribution in [0.15, 0.2) is 52.0 Å². The van der Waals surface area contributed by atoms with Crippen molar-refractivity contribution in [1.29, 1.82) is 0 Å². The molecular formula is C19H19BrN2O3. The summed E-state index contributed by atoms with van der Waals surface area (Å²) in [5.41, 5.74) is 2.75. The van der Waals surface area contributed by atoms with Gasteiger partial charge in [0.1, 0.15) is 11.5 Å². The van der Waals surface area contributed by atoms with Crippen molar-refractivity contribution in [2.45, 2.75) is 19.4 Å². The third kappa shape index (κ3) is 3.54. The minimum atomic E-state index is -0.221. The number of rotatable bonds is 4. The van der Waals surface area contributed by atoms with Crippen molar-refractivity contribution in [1.82, 2.24) is 5.01 Å². The third-order valence-electron chi connectivity index (χ3n) is 4.21. The molecule has 1 atom stereocenters. The highest BCUT2D eigenvalue weighted by Gasteiger charge is 2.33. The molecule has 1 heterocycles. The van der Waals surface area contributed by atoms with Gasteiger partial charge in [0.2, 0.25) is 5.91 Å². The number of carbonyl (C=O) groups excluding carboxylic acids is 1. The van der Waals surface area contributed by atoms with Crippen LogP contribution in [0.2, 0.25) is 0 Å². The summed E-state index contributed by atoms with van der Waals surface area (Å²) in [5.74, 6) is 1.32. The Morgan fingerprint density at radius 3 is 2.48 bits per heavy atom. The minimum Gasteiger partial charge on any atom is -0.497 e. The van der Waals surface area contributed by atoms with Crippen LogP contribution < -0.4 is 9.47 Å². The first kappa shape index (κ1) is 17.5. The molecule has 1 unspecified atom stereocenters. The van der Waals surface area contributed by atoms with E-state index in [1.165, 1.54) is 11.9 Å². The van der Waals surface area contributed by atoms with Gasteiger partial charge in [-0.1, -0.05) is 28.1 Å². The lowest BCUT2D eigenvalue weighted by Gasteiger charge is -2.22. The summed E-state index contributed by atoms with van der Waals surface area (Å²) in [4.78, 5) is 12.2. The summed E-state index contributed by atoms with van der Waals surface area (Å²) in [6.45, 7) is 1.52. The molecule has 0 radical (unpaired) electrons. The molecule has 5 nitrogen and oxygen atoms in total. The largest absolute Gasteiger partial charge is 0.497 e. The van der Waals surface area contributed by atoms with Crippen LogP contribution in [0.4, 0.5) is 0 Å². The molecule has 130 valence electrons. The molecule has 3 rings (SSSR count). The molecule has 1 aliphatic rings. The summed E-state index contributed by atoms with van der Waals surface area (Å²) >= 11 is 3.44. The Bertz CT molecular complexity index is 818. The van der Waals surface area contributed by atoms with Crippen LogP contribution in [0.25, 0.3) is 0 Å². The van der Waals surface area contributed by atoms with E-state index in [1.54, 1.807) is 14.2 Å². The highest BCUT2D eigenvalue weighted by Crippen LogP contribution is 2.39. The number of ether oxygens (including phenoxy) is 2. The van der Waals surface area contributed by atoms with E-state index in [0.717, 1.165) is 27.1 Å². The number of hydrazone groups is 1. The van der Waals surface area contributed by atoms with Crippen molar-refractivity contribution in [3.8, 4) is 11.5 Å². The second kappa shape index (κ2) is 7.27. The fraction of sp³-hybridized carbons (Fsp3) is 0.263. The van der Waals surface area contributed by atoms with Crippen LogP contribution >= 0.6 is 15.9 Å². The average Bonchev–Trinajstić information content (AvgIpc) is 3.07. The fourth-order valence-electron chi connectivity index (χ4n) is 2.96. The van der Waals surface area contributed by atoms with Crippen LogP contribution in [0, 0.1) is 0 Å². The van der Waals surface area contributed by atoms with E-state index < -0.39 is 0 Å². The number of benzene rings is 2. The van der Waals surface area contributed by atoms with Crippen LogP contribution in [-0.4, -0.2) is 30.8 Å². The molecule has 0 aromatic heterocycles. The Balaban J connectivity index is 2.00. The molecule has 2 aromatic rings. The van der Waals surface area contributed by atoms with E-state index in [-0.39, 0.29) is 11.9 Å². The molecule has 0 spiro atoms. The van der Waals surface area contributed by atoms with E-state index >= 15 is 0 Å². The predicted molar refractivity (Wildman–Crippen MR) is 100 cm³/mol. The summed E-state index contributed by atoms with van der Waals surface area (Å²) in [6, 6.07) is 13.3. The monoisotopic (exact) mass is 402 g/mol. The van der Waals surface area contributed by atoms with Gasteiger partial charge in [-0.05, 0) is 35.9 Å². The van der Waals surface area contributed by atoms with Gasteiger partial charge in [0.25, 0.3) is 0 Å². The smallest absolute Gasteiger partial charge is 0.240 e. The van der Waals surface area contributed by atoms with E-state index in [0.29, 0.717) is 12.2 Å². The molecule has 0 bridgehead atoms. The van der Waals surface area contributed by atoms with Crippen molar-refractivity contribution >= 4 is 27.5 Å². The summed E-state index contributed by atoms with van der Waals surface area (Å²) < 4.78 is 11.8. The maximum atomic E-state index is 12.2. The van der Waals surface area contributed by atoms with Crippen LogP contribution in [0.3, 0.4) is 0 Å². The van der Waals surface area contributed by atoms with E-state index in [4.69, 9.17) is 9.47 Å². The number of amides is 1. The Morgan fingerprint density at radius 2 is 1.88 bits per heavy atom. The van der Waals surface area contributed by atoms with Crippen LogP contribution in [-0.2, 0) is 4.79 Å². The summed E-state index contributed by atoms with van der Waals surface area (Å²) in [7, 11) is 3.24. The Hall–Kier alpha value is -2.34. The molecule has 0 N–H and O–H groups in total. The van der Waals surface area contributed by atoms with Gasteiger partial charge in [0.05, 0.1) is 26.0 Å². The molecule has 0 saturated heterocycles. The number of hydrogen-bond acceptors (Lipinski definition) is 4. The van der Waals surface area contributed by atoms with E-state index in [2.05, 4.69) is 21.0 Å². The maximum Gasteiger partial charge on any atom is 0.240 e. The standard InChI is InChI=1S/C19H19BrN2O3/c1-12(23)22-18(16-10-15(24-2)8-9-19(16)25-3)11-17(21-22)13-4-6-14(20)7-5-13/h4-10,18H,11H2,1-3H3. The van der Waals surface area contributed by atoms with Gasteiger partial charge in [-0.25, -0.2) is 5.01 Å². The molecular weight excluding hydrogens is 384 g/mol. The molecule has 0 fully saturated rings. The van der Waals surface area contributed by atoms with Crippen molar-refractivity contribution in [2.75, 3.05) is 14.2 Å². The van der Waals surface area contributed by atoms with Gasteiger partial charge < -0.3 is 9.47 Å². The Labute approximate surface area is 155 Å². The molecule has 2 aromatic carbocycles. The van der Waals surface area contributed by atoms with E-state index in [1.807, 2.05) is 42.5 Å². The first-order chi connectivity index (χ1) is 12.0. The SMILES string of the molecule is COc1ccc(OC)c(C2CC(c3ccc(Br)cc3)=NN2C(C)=O)c1. The molecule has 1 amide bonds. The van der Waals surface area contributed by atoms with E-state index in [9.17, 15) is 4.79 Å². The fourth-order valence-corrected chi connectivity index (χ4v) is 3.22. The summed E-state index contributed by atoms with van der Waals surface area (Å²) in [5, 5.41) is 6.09. The van der Waals surface area contributed by atoms with Crippen molar-refractivity contribution in [2.24, 2.45) is 5.10 Å². The lowest BCUT2D eigenvalue weighted by Crippen LogP contribution is -2.24. The second-order valence-corrected chi connectivity index (χ2v) is 6.66. The second-order valence-electron chi connectivity index (χ2n) is 5.74. The average molecular weight is 403 g/mol. The Morgan fingerprint density at radius 1 is 1.16 bits per heavy atom. The zero-order valence-corrected chi connectivity index (χ0v) is 15.9. The quantitative estimate of drug-likeness (QED) is 0.770. The van der Waals surface area contributed by atoms with Gasteiger partial charge in [-0.2, -0.15) is 5.10 Å². The molecule has 0 aliphatic carbocycles. The van der Waals surface area contributed by atoms with Crippen molar-refractivity contribution in [3.05, 3.63) is 58.1 Å². The van der Waals surface area contributed by atoms with Gasteiger partial charge in [0.15, 0.2) is 0 Å². The molecule has 1 aliphatic heterocycles. The zero-order valence-electron chi connectivity index (χ0n) is 14.3. The van der Waals surface area contributed by atoms with Crippen LogP contribution in [0.1, 0.15) is 30.5 Å². The number of carbonyl (C=O) groups is 1. The number of nitrogens with zero attached hydrogens (tertiary/aromatic N) is 2. The Kier molecular flexibility index (Phi) is 5.08. The summed E-state index contributed by atoms with van der Waals surface area (Å²) in [6.07, 6.45) is 0.616. The van der Waals surface area contributed by atoms with Crippen LogP contribution in [0.5, 0.6) is 11.5 Å². The van der Waals surface area contributed by atoms with Gasteiger partial charge in [0, 0.05) is 23.4 Å². The molecule has 0 saturated carbocycles. The van der Waals surface area contributed by atoms with Gasteiger partial charge in [-0.15, -0.1) is 0 Å². The molecule has 6 heteroatoms. The maximum absolute atomic E-state index is 12.2. The topological polar surface area (TPSA) is 51.1 Å². The first-order valence-electron chi connectivity index (χ1n) is 7.88.